The van der Waals surface area contributed by atoms with Gasteiger partial charge in [-0.3, -0.25) is 19.7 Å². The van der Waals surface area contributed by atoms with Crippen molar-refractivity contribution in [1.82, 2.24) is 0 Å². The highest BCUT2D eigenvalue weighted by atomic mass is 32.2. The molecule has 7 nitrogen and oxygen atoms in total. The minimum Gasteiger partial charge on any atom is -0.326 e. The van der Waals surface area contributed by atoms with Gasteiger partial charge in [-0.25, -0.2) is 0 Å². The first-order valence-corrected chi connectivity index (χ1v) is 12.1. The van der Waals surface area contributed by atoms with E-state index in [0.717, 1.165) is 16.0 Å². The monoisotopic (exact) mass is 497 g/mol. The Morgan fingerprint density at radius 1 is 0.750 bits per heavy atom. The third kappa shape index (κ3) is 6.80. The lowest BCUT2D eigenvalue weighted by atomic mass is 10.1. The molecule has 0 radical (unpaired) electrons. The Labute approximate surface area is 212 Å². The van der Waals surface area contributed by atoms with Crippen LogP contribution in [0.2, 0.25) is 0 Å². The summed E-state index contributed by atoms with van der Waals surface area (Å²) < 4.78 is 0. The molecule has 0 saturated heterocycles. The second-order valence-corrected chi connectivity index (χ2v) is 9.12. The van der Waals surface area contributed by atoms with Gasteiger partial charge in [0.05, 0.1) is 11.3 Å². The standard InChI is InChI=1S/C28H23N3O4S/c32-26(19-20-7-3-1-4-8-20)29-22-13-17-25(18-14-22)36-27(21-9-5-2-6-10-21)28(33)30-23-11-15-24(16-12-23)31(34)35/h1-18,27H,19H2,(H,29,32)(H,30,33). The van der Waals surface area contributed by atoms with Crippen molar-refractivity contribution in [2.24, 2.45) is 0 Å². The second-order valence-electron chi connectivity index (χ2n) is 7.94. The van der Waals surface area contributed by atoms with Gasteiger partial charge < -0.3 is 10.6 Å². The van der Waals surface area contributed by atoms with Crippen molar-refractivity contribution in [2.75, 3.05) is 10.6 Å². The van der Waals surface area contributed by atoms with Crippen molar-refractivity contribution in [2.45, 2.75) is 16.6 Å². The smallest absolute Gasteiger partial charge is 0.269 e. The number of nitro benzene ring substituents is 1. The molecule has 4 rings (SSSR count). The number of nitro groups is 1. The first-order valence-electron chi connectivity index (χ1n) is 11.2. The molecule has 180 valence electrons. The summed E-state index contributed by atoms with van der Waals surface area (Å²) >= 11 is 1.37. The Bertz CT molecular complexity index is 1330. The van der Waals surface area contributed by atoms with Crippen LogP contribution in [0.1, 0.15) is 16.4 Å². The third-order valence-corrected chi connectivity index (χ3v) is 6.55. The largest absolute Gasteiger partial charge is 0.326 e. The predicted octanol–water partition coefficient (Wildman–Crippen LogP) is 6.25. The molecule has 2 N–H and O–H groups in total. The van der Waals surface area contributed by atoms with E-state index < -0.39 is 10.2 Å². The SMILES string of the molecule is O=C(Cc1ccccc1)Nc1ccc(SC(C(=O)Nc2ccc([N+](=O)[O-])cc2)c2ccccc2)cc1. The van der Waals surface area contributed by atoms with Gasteiger partial charge >= 0.3 is 0 Å². The van der Waals surface area contributed by atoms with Gasteiger partial charge in [-0.2, -0.15) is 0 Å². The number of carbonyl (C=O) groups excluding carboxylic acids is 2. The van der Waals surface area contributed by atoms with Crippen LogP contribution in [0.3, 0.4) is 0 Å². The molecule has 0 fully saturated rings. The van der Waals surface area contributed by atoms with E-state index in [1.807, 2.05) is 84.9 Å². The summed E-state index contributed by atoms with van der Waals surface area (Å²) in [5.74, 6) is -0.355. The van der Waals surface area contributed by atoms with Crippen molar-refractivity contribution >= 4 is 40.6 Å². The fourth-order valence-electron chi connectivity index (χ4n) is 3.51. The quantitative estimate of drug-likeness (QED) is 0.162. The maximum Gasteiger partial charge on any atom is 0.269 e. The summed E-state index contributed by atoms with van der Waals surface area (Å²) in [5.41, 5.74) is 2.86. The van der Waals surface area contributed by atoms with Crippen molar-refractivity contribution in [1.29, 1.82) is 0 Å². The fraction of sp³-hybridized carbons (Fsp3) is 0.0714. The van der Waals surface area contributed by atoms with Crippen LogP contribution in [0, 0.1) is 10.1 Å². The summed E-state index contributed by atoms with van der Waals surface area (Å²) in [4.78, 5) is 36.8. The van der Waals surface area contributed by atoms with Crippen LogP contribution < -0.4 is 10.6 Å². The van der Waals surface area contributed by atoms with Gasteiger partial charge in [-0.05, 0) is 47.5 Å². The number of nitrogens with zero attached hydrogens (tertiary/aromatic N) is 1. The Morgan fingerprint density at radius 3 is 1.92 bits per heavy atom. The number of hydrogen-bond donors (Lipinski definition) is 2. The zero-order chi connectivity index (χ0) is 25.3. The number of benzene rings is 4. The van der Waals surface area contributed by atoms with E-state index >= 15 is 0 Å². The number of amides is 2. The Kier molecular flexibility index (Phi) is 8.10. The maximum absolute atomic E-state index is 13.2. The minimum atomic E-state index is -0.556. The molecule has 0 aliphatic carbocycles. The van der Waals surface area contributed by atoms with E-state index in [0.29, 0.717) is 11.4 Å². The minimum absolute atomic E-state index is 0.0436. The first-order chi connectivity index (χ1) is 17.5. The molecular weight excluding hydrogens is 474 g/mol. The van der Waals surface area contributed by atoms with E-state index in [1.165, 1.54) is 36.0 Å². The number of thioether (sulfide) groups is 1. The highest BCUT2D eigenvalue weighted by Gasteiger charge is 2.22. The van der Waals surface area contributed by atoms with Gasteiger partial charge in [-0.1, -0.05) is 60.7 Å². The highest BCUT2D eigenvalue weighted by molar-refractivity contribution is 8.00. The fourth-order valence-corrected chi connectivity index (χ4v) is 4.54. The molecule has 0 aromatic heterocycles. The zero-order valence-electron chi connectivity index (χ0n) is 19.2. The van der Waals surface area contributed by atoms with Gasteiger partial charge in [0.25, 0.3) is 5.69 Å². The van der Waals surface area contributed by atoms with E-state index in [2.05, 4.69) is 10.6 Å². The number of rotatable bonds is 9. The summed E-state index contributed by atoms with van der Waals surface area (Å²) in [7, 11) is 0. The maximum atomic E-state index is 13.2. The van der Waals surface area contributed by atoms with E-state index in [9.17, 15) is 19.7 Å². The summed E-state index contributed by atoms with van der Waals surface area (Å²) in [6.45, 7) is 0. The summed E-state index contributed by atoms with van der Waals surface area (Å²) in [6, 6.07) is 32.0. The van der Waals surface area contributed by atoms with Gasteiger partial charge in [0.2, 0.25) is 11.8 Å². The zero-order valence-corrected chi connectivity index (χ0v) is 20.0. The Hall–Kier alpha value is -4.43. The van der Waals surface area contributed by atoms with Crippen LogP contribution in [0.25, 0.3) is 0 Å². The lowest BCUT2D eigenvalue weighted by Gasteiger charge is -2.17. The van der Waals surface area contributed by atoms with Crippen molar-refractivity contribution in [3.05, 3.63) is 130 Å². The number of hydrogen-bond acceptors (Lipinski definition) is 5. The van der Waals surface area contributed by atoms with E-state index in [1.54, 1.807) is 0 Å². The molecule has 0 aliphatic heterocycles. The van der Waals surface area contributed by atoms with Gasteiger partial charge in [0.15, 0.2) is 0 Å². The molecule has 0 bridgehead atoms. The number of nitrogens with one attached hydrogen (secondary N) is 2. The number of non-ortho nitro benzene ring substituents is 1. The molecule has 0 spiro atoms. The Morgan fingerprint density at radius 2 is 1.31 bits per heavy atom. The van der Waals surface area contributed by atoms with Gasteiger partial charge in [0, 0.05) is 28.4 Å². The molecule has 2 amide bonds. The molecule has 0 heterocycles. The van der Waals surface area contributed by atoms with Crippen LogP contribution >= 0.6 is 11.8 Å². The second kappa shape index (κ2) is 11.8. The average molecular weight is 498 g/mol. The first kappa shape index (κ1) is 24.7. The molecule has 0 saturated carbocycles. The molecule has 1 unspecified atom stereocenters. The highest BCUT2D eigenvalue weighted by Crippen LogP contribution is 2.36. The van der Waals surface area contributed by atoms with E-state index in [-0.39, 0.29) is 23.9 Å². The lowest BCUT2D eigenvalue weighted by Crippen LogP contribution is -2.19. The summed E-state index contributed by atoms with van der Waals surface area (Å²) in [5, 5.41) is 16.1. The average Bonchev–Trinajstić information content (AvgIpc) is 2.89. The molecular formula is C28H23N3O4S. The molecule has 36 heavy (non-hydrogen) atoms. The number of carbonyl (C=O) groups is 2. The van der Waals surface area contributed by atoms with Crippen molar-refractivity contribution < 1.29 is 14.5 Å². The topological polar surface area (TPSA) is 101 Å². The molecule has 4 aromatic carbocycles. The third-order valence-electron chi connectivity index (χ3n) is 5.29. The number of anilines is 2. The van der Waals surface area contributed by atoms with Crippen molar-refractivity contribution in [3.63, 3.8) is 0 Å². The molecule has 0 aliphatic rings. The van der Waals surface area contributed by atoms with Crippen LogP contribution in [0.4, 0.5) is 17.1 Å². The van der Waals surface area contributed by atoms with Crippen LogP contribution in [0.5, 0.6) is 0 Å². The molecule has 4 aromatic rings. The summed E-state index contributed by atoms with van der Waals surface area (Å²) in [6.07, 6.45) is 0.288. The molecule has 8 heteroatoms. The van der Waals surface area contributed by atoms with Crippen LogP contribution in [0.15, 0.2) is 114 Å². The predicted molar refractivity (Wildman–Crippen MR) is 142 cm³/mol. The van der Waals surface area contributed by atoms with E-state index in [4.69, 9.17) is 0 Å². The molecule has 1 atom stereocenters. The lowest BCUT2D eigenvalue weighted by molar-refractivity contribution is -0.384. The van der Waals surface area contributed by atoms with Crippen LogP contribution in [-0.2, 0) is 16.0 Å². The van der Waals surface area contributed by atoms with Crippen LogP contribution in [-0.4, -0.2) is 16.7 Å². The van der Waals surface area contributed by atoms with Gasteiger partial charge in [0.1, 0.15) is 5.25 Å². The van der Waals surface area contributed by atoms with Gasteiger partial charge in [-0.15, -0.1) is 11.8 Å². The van der Waals surface area contributed by atoms with Crippen molar-refractivity contribution in [3.8, 4) is 0 Å². The Balaban J connectivity index is 1.44. The normalized spacial score (nSPS) is 11.3.